The zero-order valence-electron chi connectivity index (χ0n) is 6.96. The number of esters is 1. The molecule has 0 heterocycles. The van der Waals surface area contributed by atoms with Crippen LogP contribution in [0.1, 0.15) is 20.3 Å². The molecule has 0 saturated carbocycles. The molecule has 66 valence electrons. The molecule has 0 bridgehead atoms. The van der Waals surface area contributed by atoms with Gasteiger partial charge in [0.05, 0.1) is 13.0 Å². The van der Waals surface area contributed by atoms with E-state index < -0.39 is 0 Å². The molecule has 0 aliphatic carbocycles. The van der Waals surface area contributed by atoms with E-state index in [2.05, 4.69) is 6.92 Å². The summed E-state index contributed by atoms with van der Waals surface area (Å²) in [4.78, 5) is 10.8. The van der Waals surface area contributed by atoms with E-state index >= 15 is 0 Å². The first-order chi connectivity index (χ1) is 5.31. The van der Waals surface area contributed by atoms with Gasteiger partial charge in [-0.2, -0.15) is 0 Å². The summed E-state index contributed by atoms with van der Waals surface area (Å²) in [6.07, 6.45) is 0.533. The van der Waals surface area contributed by atoms with Crippen molar-refractivity contribution in [3.05, 3.63) is 0 Å². The van der Waals surface area contributed by atoms with E-state index in [4.69, 9.17) is 4.74 Å². The summed E-state index contributed by atoms with van der Waals surface area (Å²) in [5.74, 6) is 1.86. The third kappa shape index (κ3) is 8.07. The molecule has 2 nitrogen and oxygen atoms in total. The normalized spacial score (nSPS) is 9.64. The highest BCUT2D eigenvalue weighted by molar-refractivity contribution is 8.76. The number of rotatable bonds is 6. The maximum atomic E-state index is 10.8. The second kappa shape index (κ2) is 8.27. The van der Waals surface area contributed by atoms with Crippen LogP contribution in [0.4, 0.5) is 0 Å². The molecule has 0 aromatic heterocycles. The van der Waals surface area contributed by atoms with Crippen molar-refractivity contribution in [3.63, 3.8) is 0 Å². The van der Waals surface area contributed by atoms with Crippen molar-refractivity contribution in [1.29, 1.82) is 0 Å². The van der Waals surface area contributed by atoms with E-state index in [1.54, 1.807) is 21.6 Å². The Kier molecular flexibility index (Phi) is 8.40. The molecule has 0 aromatic carbocycles. The molecule has 0 amide bonds. The predicted octanol–water partition coefficient (Wildman–Crippen LogP) is 2.34. The van der Waals surface area contributed by atoms with Crippen LogP contribution in [0.3, 0.4) is 0 Å². The Balaban J connectivity index is 3.04. The molecule has 11 heavy (non-hydrogen) atoms. The summed E-state index contributed by atoms with van der Waals surface area (Å²) in [5.41, 5.74) is 0. The molecule has 0 aliphatic rings. The second-order valence-corrected chi connectivity index (χ2v) is 4.65. The lowest BCUT2D eigenvalue weighted by Gasteiger charge is -1.99. The number of carbonyl (C=O) groups is 1. The lowest BCUT2D eigenvalue weighted by molar-refractivity contribution is -0.142. The van der Waals surface area contributed by atoms with Crippen molar-refractivity contribution in [2.75, 3.05) is 18.1 Å². The van der Waals surface area contributed by atoms with Crippen molar-refractivity contribution in [3.8, 4) is 0 Å². The number of ether oxygens (including phenoxy) is 1. The molecular formula is C7H14O2S2. The average Bonchev–Trinajstić information content (AvgIpc) is 1.99. The molecule has 4 heteroatoms. The van der Waals surface area contributed by atoms with Gasteiger partial charge in [0.2, 0.25) is 0 Å². The maximum absolute atomic E-state index is 10.8. The van der Waals surface area contributed by atoms with Gasteiger partial charge < -0.3 is 4.74 Å². The van der Waals surface area contributed by atoms with Gasteiger partial charge in [0.15, 0.2) is 0 Å². The van der Waals surface area contributed by atoms with Crippen LogP contribution in [0.15, 0.2) is 0 Å². The van der Waals surface area contributed by atoms with E-state index in [1.165, 1.54) is 0 Å². The largest absolute Gasteiger partial charge is 0.466 e. The van der Waals surface area contributed by atoms with Gasteiger partial charge in [-0.25, -0.2) is 0 Å². The topological polar surface area (TPSA) is 26.3 Å². The first-order valence-corrected chi connectivity index (χ1v) is 6.20. The molecule has 0 aromatic rings. The molecule has 0 aliphatic heterocycles. The Morgan fingerprint density at radius 3 is 2.64 bits per heavy atom. The molecule has 0 N–H and O–H groups in total. The van der Waals surface area contributed by atoms with Gasteiger partial charge in [-0.15, -0.1) is 0 Å². The molecular weight excluding hydrogens is 180 g/mol. The average molecular weight is 194 g/mol. The fourth-order valence-corrected chi connectivity index (χ4v) is 2.14. The Morgan fingerprint density at radius 1 is 1.36 bits per heavy atom. The summed E-state index contributed by atoms with van der Waals surface area (Å²) in [7, 11) is 3.50. The molecule has 0 spiro atoms. The first-order valence-electron chi connectivity index (χ1n) is 3.71. The van der Waals surface area contributed by atoms with Gasteiger partial charge in [0.1, 0.15) is 0 Å². The minimum absolute atomic E-state index is 0.0864. The van der Waals surface area contributed by atoms with Crippen LogP contribution in [-0.2, 0) is 9.53 Å². The zero-order chi connectivity index (χ0) is 8.53. The van der Waals surface area contributed by atoms with E-state index in [9.17, 15) is 4.79 Å². The van der Waals surface area contributed by atoms with Gasteiger partial charge in [-0.1, -0.05) is 28.5 Å². The summed E-state index contributed by atoms with van der Waals surface area (Å²) >= 11 is 0. The van der Waals surface area contributed by atoms with E-state index in [0.29, 0.717) is 13.0 Å². The Labute approximate surface area is 75.9 Å². The number of hydrogen-bond acceptors (Lipinski definition) is 4. The van der Waals surface area contributed by atoms with E-state index in [-0.39, 0.29) is 5.97 Å². The third-order valence-electron chi connectivity index (χ3n) is 0.896. The summed E-state index contributed by atoms with van der Waals surface area (Å²) in [6.45, 7) is 4.41. The predicted molar refractivity (Wildman–Crippen MR) is 51.8 cm³/mol. The molecule has 0 radical (unpaired) electrons. The SMILES string of the molecule is CCOC(=O)CCSSCC. The highest BCUT2D eigenvalue weighted by Crippen LogP contribution is 2.20. The Bertz CT molecular complexity index is 107. The van der Waals surface area contributed by atoms with Crippen LogP contribution in [0.25, 0.3) is 0 Å². The highest BCUT2D eigenvalue weighted by Gasteiger charge is 1.99. The second-order valence-electron chi connectivity index (χ2n) is 1.78. The highest BCUT2D eigenvalue weighted by atomic mass is 33.1. The van der Waals surface area contributed by atoms with Gasteiger partial charge in [-0.05, 0) is 6.92 Å². The van der Waals surface area contributed by atoms with Crippen molar-refractivity contribution in [1.82, 2.24) is 0 Å². The fourth-order valence-electron chi connectivity index (χ4n) is 0.500. The molecule has 0 rings (SSSR count). The first kappa shape index (κ1) is 11.2. The van der Waals surface area contributed by atoms with Crippen LogP contribution in [0.2, 0.25) is 0 Å². The van der Waals surface area contributed by atoms with E-state index in [1.807, 2.05) is 6.92 Å². The maximum Gasteiger partial charge on any atom is 0.306 e. The number of hydrogen-bond donors (Lipinski definition) is 0. The van der Waals surface area contributed by atoms with Crippen LogP contribution in [-0.4, -0.2) is 24.1 Å². The van der Waals surface area contributed by atoms with Gasteiger partial charge in [0.25, 0.3) is 0 Å². The van der Waals surface area contributed by atoms with Crippen LogP contribution in [0.5, 0.6) is 0 Å². The zero-order valence-corrected chi connectivity index (χ0v) is 8.59. The van der Waals surface area contributed by atoms with Crippen LogP contribution in [0, 0.1) is 0 Å². The summed E-state index contributed by atoms with van der Waals surface area (Å²) in [5, 5.41) is 0. The van der Waals surface area contributed by atoms with Gasteiger partial charge in [-0.3, -0.25) is 4.79 Å². The number of carbonyl (C=O) groups excluding carboxylic acids is 1. The minimum atomic E-state index is -0.0864. The molecule has 0 fully saturated rings. The third-order valence-corrected chi connectivity index (χ3v) is 3.38. The van der Waals surface area contributed by atoms with Crippen molar-refractivity contribution in [2.24, 2.45) is 0 Å². The molecule has 0 saturated heterocycles. The lowest BCUT2D eigenvalue weighted by Crippen LogP contribution is -2.04. The Hall–Kier alpha value is 0.170. The van der Waals surface area contributed by atoms with E-state index in [0.717, 1.165) is 11.5 Å². The smallest absolute Gasteiger partial charge is 0.306 e. The molecule has 0 atom stereocenters. The van der Waals surface area contributed by atoms with Gasteiger partial charge >= 0.3 is 5.97 Å². The van der Waals surface area contributed by atoms with Gasteiger partial charge in [0, 0.05) is 11.5 Å². The quantitative estimate of drug-likeness (QED) is 0.368. The monoisotopic (exact) mass is 194 g/mol. The Morgan fingerprint density at radius 2 is 2.09 bits per heavy atom. The minimum Gasteiger partial charge on any atom is -0.466 e. The van der Waals surface area contributed by atoms with Crippen LogP contribution < -0.4 is 0 Å². The van der Waals surface area contributed by atoms with Crippen molar-refractivity contribution in [2.45, 2.75) is 20.3 Å². The van der Waals surface area contributed by atoms with Crippen molar-refractivity contribution >= 4 is 27.6 Å². The lowest BCUT2D eigenvalue weighted by atomic mass is 10.5. The van der Waals surface area contributed by atoms with Crippen LogP contribution >= 0.6 is 21.6 Å². The molecule has 0 unspecified atom stereocenters. The summed E-state index contributed by atoms with van der Waals surface area (Å²) in [6, 6.07) is 0. The fraction of sp³-hybridized carbons (Fsp3) is 0.857. The van der Waals surface area contributed by atoms with Crippen molar-refractivity contribution < 1.29 is 9.53 Å². The standard InChI is InChI=1S/C7H14O2S2/c1-3-9-7(8)5-6-11-10-4-2/h3-6H2,1-2H3. The summed E-state index contributed by atoms with van der Waals surface area (Å²) < 4.78 is 4.76.